The average molecular weight is 292 g/mol. The Bertz CT molecular complexity index is 372. The lowest BCUT2D eigenvalue weighted by Gasteiger charge is -2.08. The normalized spacial score (nSPS) is 12.3. The maximum atomic E-state index is 13.2. The van der Waals surface area contributed by atoms with Crippen LogP contribution in [0.15, 0.2) is 28.2 Å². The second-order valence-electron chi connectivity index (χ2n) is 3.65. The largest absolute Gasteiger partial charge is 0.206 e. The third kappa shape index (κ3) is 3.32. The Labute approximate surface area is 103 Å². The summed E-state index contributed by atoms with van der Waals surface area (Å²) in [5, 5.41) is 0. The van der Waals surface area contributed by atoms with Crippen LogP contribution in [-0.2, 0) is 0 Å². The molecule has 82 valence electrons. The molecule has 0 radical (unpaired) electrons. The predicted molar refractivity (Wildman–Crippen MR) is 67.6 cm³/mol. The lowest BCUT2D eigenvalue weighted by molar-refractivity contribution is 0.620. The van der Waals surface area contributed by atoms with E-state index >= 15 is 0 Å². The first-order valence-electron chi connectivity index (χ1n) is 4.76. The monoisotopic (exact) mass is 290 g/mol. The van der Waals surface area contributed by atoms with Crippen LogP contribution in [0.3, 0.4) is 0 Å². The molecule has 3 heteroatoms. The number of allylic oxidation sites excluding steroid dienone is 1. The number of rotatable bonds is 3. The van der Waals surface area contributed by atoms with Gasteiger partial charge in [0.05, 0.1) is 4.47 Å². The molecule has 0 spiro atoms. The second kappa shape index (κ2) is 5.66. The second-order valence-corrected chi connectivity index (χ2v) is 4.71. The molecule has 0 aliphatic rings. The molecule has 1 rings (SSSR count). The average Bonchev–Trinajstić information content (AvgIpc) is 2.19. The van der Waals surface area contributed by atoms with Crippen molar-refractivity contribution < 1.29 is 4.39 Å². The maximum Gasteiger partial charge on any atom is 0.137 e. The fraction of sp³-hybridized carbons (Fsp3) is 0.333. The van der Waals surface area contributed by atoms with E-state index in [4.69, 9.17) is 11.6 Å². The molecule has 0 nitrogen and oxygen atoms in total. The smallest absolute Gasteiger partial charge is 0.137 e. The van der Waals surface area contributed by atoms with Gasteiger partial charge in [-0.15, -0.1) is 11.6 Å². The van der Waals surface area contributed by atoms with Crippen molar-refractivity contribution in [2.45, 2.75) is 13.8 Å². The van der Waals surface area contributed by atoms with Crippen LogP contribution < -0.4 is 0 Å². The summed E-state index contributed by atoms with van der Waals surface area (Å²) in [6.07, 6.45) is 1.94. The van der Waals surface area contributed by atoms with E-state index in [1.807, 2.05) is 12.1 Å². The van der Waals surface area contributed by atoms with Crippen molar-refractivity contribution in [3.63, 3.8) is 0 Å². The van der Waals surface area contributed by atoms with E-state index in [9.17, 15) is 4.39 Å². The predicted octanol–water partition coefficient (Wildman–Crippen LogP) is 4.87. The summed E-state index contributed by atoms with van der Waals surface area (Å²) >= 11 is 9.05. The summed E-state index contributed by atoms with van der Waals surface area (Å²) in [5.74, 6) is 0.597. The minimum absolute atomic E-state index is 0.249. The molecule has 15 heavy (non-hydrogen) atoms. The van der Waals surface area contributed by atoms with Crippen molar-refractivity contribution in [3.8, 4) is 0 Å². The molecule has 0 saturated heterocycles. The zero-order valence-electron chi connectivity index (χ0n) is 8.73. The summed E-state index contributed by atoms with van der Waals surface area (Å²) in [6.45, 7) is 4.14. The zero-order chi connectivity index (χ0) is 11.4. The first-order chi connectivity index (χ1) is 7.06. The fourth-order valence-corrected chi connectivity index (χ4v) is 1.96. The van der Waals surface area contributed by atoms with Crippen LogP contribution in [0, 0.1) is 11.7 Å². The molecule has 0 N–H and O–H groups in total. The quantitative estimate of drug-likeness (QED) is 0.697. The molecule has 1 aromatic rings. The number of alkyl halides is 1. The van der Waals surface area contributed by atoms with E-state index in [2.05, 4.69) is 29.8 Å². The molecule has 0 heterocycles. The number of halogens is 3. The van der Waals surface area contributed by atoms with Crippen LogP contribution >= 0.6 is 27.5 Å². The molecule has 0 atom stereocenters. The molecule has 0 bridgehead atoms. The molecule has 0 fully saturated rings. The Morgan fingerprint density at radius 2 is 2.20 bits per heavy atom. The Kier molecular flexibility index (Phi) is 4.81. The minimum atomic E-state index is -0.249. The van der Waals surface area contributed by atoms with Crippen LogP contribution in [0.4, 0.5) is 4.39 Å². The SMILES string of the molecule is CC(C)/C(=C/c1cccc(F)c1Br)CCl. The van der Waals surface area contributed by atoms with Crippen LogP contribution in [0.2, 0.25) is 0 Å². The van der Waals surface area contributed by atoms with Gasteiger partial charge < -0.3 is 0 Å². The lowest BCUT2D eigenvalue weighted by atomic mass is 10.0. The van der Waals surface area contributed by atoms with E-state index in [-0.39, 0.29) is 5.82 Å². The minimum Gasteiger partial charge on any atom is -0.206 e. The van der Waals surface area contributed by atoms with Gasteiger partial charge in [-0.05, 0) is 33.5 Å². The van der Waals surface area contributed by atoms with Gasteiger partial charge in [-0.25, -0.2) is 4.39 Å². The Balaban J connectivity index is 3.11. The Morgan fingerprint density at radius 1 is 1.53 bits per heavy atom. The van der Waals surface area contributed by atoms with Crippen molar-refractivity contribution in [3.05, 3.63) is 39.6 Å². The van der Waals surface area contributed by atoms with Crippen LogP contribution in [0.5, 0.6) is 0 Å². The molecular weight excluding hydrogens is 278 g/mol. The third-order valence-corrected chi connectivity index (χ3v) is 3.36. The Morgan fingerprint density at radius 3 is 2.73 bits per heavy atom. The first kappa shape index (κ1) is 12.7. The van der Waals surface area contributed by atoms with Gasteiger partial charge in [-0.2, -0.15) is 0 Å². The van der Waals surface area contributed by atoms with Gasteiger partial charge in [0.25, 0.3) is 0 Å². The van der Waals surface area contributed by atoms with Gasteiger partial charge in [-0.3, -0.25) is 0 Å². The molecular formula is C12H13BrClF. The van der Waals surface area contributed by atoms with E-state index in [1.165, 1.54) is 6.07 Å². The Hall–Kier alpha value is -0.340. The van der Waals surface area contributed by atoms with Gasteiger partial charge in [0.1, 0.15) is 5.82 Å². The van der Waals surface area contributed by atoms with Crippen molar-refractivity contribution in [1.29, 1.82) is 0 Å². The summed E-state index contributed by atoms with van der Waals surface area (Å²) < 4.78 is 13.7. The number of hydrogen-bond acceptors (Lipinski definition) is 0. The van der Waals surface area contributed by atoms with Crippen molar-refractivity contribution in [2.24, 2.45) is 5.92 Å². The molecule has 0 amide bonds. The van der Waals surface area contributed by atoms with Gasteiger partial charge in [0, 0.05) is 5.88 Å². The summed E-state index contributed by atoms with van der Waals surface area (Å²) in [6, 6.07) is 4.98. The highest BCUT2D eigenvalue weighted by Crippen LogP contribution is 2.24. The fourth-order valence-electron chi connectivity index (χ4n) is 1.19. The summed E-state index contributed by atoms with van der Waals surface area (Å²) in [7, 11) is 0. The van der Waals surface area contributed by atoms with Crippen LogP contribution in [-0.4, -0.2) is 5.88 Å². The molecule has 0 aliphatic carbocycles. The first-order valence-corrected chi connectivity index (χ1v) is 6.09. The maximum absolute atomic E-state index is 13.2. The summed E-state index contributed by atoms with van der Waals surface area (Å²) in [5.41, 5.74) is 1.93. The molecule has 1 aromatic carbocycles. The third-order valence-electron chi connectivity index (χ3n) is 2.22. The van der Waals surface area contributed by atoms with Gasteiger partial charge in [0.2, 0.25) is 0 Å². The highest BCUT2D eigenvalue weighted by atomic mass is 79.9. The molecule has 0 aromatic heterocycles. The van der Waals surface area contributed by atoms with Crippen molar-refractivity contribution in [1.82, 2.24) is 0 Å². The van der Waals surface area contributed by atoms with Gasteiger partial charge in [0.15, 0.2) is 0 Å². The summed E-state index contributed by atoms with van der Waals surface area (Å²) in [4.78, 5) is 0. The van der Waals surface area contributed by atoms with Crippen LogP contribution in [0.25, 0.3) is 6.08 Å². The van der Waals surface area contributed by atoms with E-state index in [0.717, 1.165) is 11.1 Å². The van der Waals surface area contributed by atoms with Crippen molar-refractivity contribution in [2.75, 3.05) is 5.88 Å². The van der Waals surface area contributed by atoms with E-state index < -0.39 is 0 Å². The molecule has 0 saturated carbocycles. The molecule has 0 aliphatic heterocycles. The zero-order valence-corrected chi connectivity index (χ0v) is 11.1. The highest BCUT2D eigenvalue weighted by molar-refractivity contribution is 9.10. The van der Waals surface area contributed by atoms with Gasteiger partial charge in [-0.1, -0.05) is 37.6 Å². The van der Waals surface area contributed by atoms with Crippen molar-refractivity contribution >= 4 is 33.6 Å². The highest BCUT2D eigenvalue weighted by Gasteiger charge is 2.06. The van der Waals surface area contributed by atoms with E-state index in [1.54, 1.807) is 6.07 Å². The lowest BCUT2D eigenvalue weighted by Crippen LogP contribution is -1.95. The van der Waals surface area contributed by atoms with E-state index in [0.29, 0.717) is 16.3 Å². The standard InChI is InChI=1S/C12H13BrClF/c1-8(2)10(7-14)6-9-4-3-5-11(15)12(9)13/h3-6,8H,7H2,1-2H3/b10-6+. The molecule has 0 unspecified atom stereocenters. The topological polar surface area (TPSA) is 0 Å². The van der Waals surface area contributed by atoms with Gasteiger partial charge >= 0.3 is 0 Å². The number of hydrogen-bond donors (Lipinski definition) is 0. The number of benzene rings is 1. The van der Waals surface area contributed by atoms with Crippen LogP contribution in [0.1, 0.15) is 19.4 Å².